The van der Waals surface area contributed by atoms with Crippen LogP contribution in [-0.2, 0) is 16.1 Å². The van der Waals surface area contributed by atoms with Gasteiger partial charge in [-0.2, -0.15) is 5.26 Å². The molecule has 0 radical (unpaired) electrons. The largest absolute Gasteiger partial charge is 0.478 e. The molecule has 1 N–H and O–H groups in total. The Morgan fingerprint density at radius 3 is 2.89 bits per heavy atom. The molecule has 0 saturated carbocycles. The first-order chi connectivity index (χ1) is 8.69. The monoisotopic (exact) mass is 248 g/mol. The van der Waals surface area contributed by atoms with Crippen molar-refractivity contribution in [2.24, 2.45) is 0 Å². The van der Waals surface area contributed by atoms with E-state index in [0.717, 1.165) is 5.56 Å². The molecule has 1 aromatic carbocycles. The van der Waals surface area contributed by atoms with Gasteiger partial charge >= 0.3 is 5.97 Å². The normalized spacial score (nSPS) is 11.4. The lowest BCUT2D eigenvalue weighted by Gasteiger charge is -2.13. The minimum Gasteiger partial charge on any atom is -0.478 e. The summed E-state index contributed by atoms with van der Waals surface area (Å²) in [6, 6.07) is 8.90. The third-order valence-corrected chi connectivity index (χ3v) is 2.42. The molecule has 18 heavy (non-hydrogen) atoms. The highest BCUT2D eigenvalue weighted by molar-refractivity contribution is 5.75. The molecule has 0 aliphatic heterocycles. The third-order valence-electron chi connectivity index (χ3n) is 2.42. The van der Waals surface area contributed by atoms with Gasteiger partial charge in [0.1, 0.15) is 17.9 Å². The molecule has 1 aromatic rings. The summed E-state index contributed by atoms with van der Waals surface area (Å²) in [7, 11) is 1.35. The van der Waals surface area contributed by atoms with E-state index in [9.17, 15) is 4.79 Å². The number of nitriles is 1. The standard InChI is InChI=1S/C13H16N2O3/c1-10(13(16)17-2)15-9-11-5-3-4-6-12(11)18-8-7-14/h3-6,10,15H,8-9H2,1-2H3. The van der Waals surface area contributed by atoms with E-state index in [0.29, 0.717) is 12.3 Å². The molecule has 1 atom stereocenters. The summed E-state index contributed by atoms with van der Waals surface area (Å²) < 4.78 is 9.91. The van der Waals surface area contributed by atoms with E-state index in [2.05, 4.69) is 10.1 Å². The van der Waals surface area contributed by atoms with Crippen molar-refractivity contribution < 1.29 is 14.3 Å². The van der Waals surface area contributed by atoms with E-state index in [-0.39, 0.29) is 18.6 Å². The molecule has 0 heterocycles. The zero-order valence-corrected chi connectivity index (χ0v) is 10.5. The Morgan fingerprint density at radius 2 is 2.22 bits per heavy atom. The molecule has 5 nitrogen and oxygen atoms in total. The van der Waals surface area contributed by atoms with Crippen molar-refractivity contribution in [1.82, 2.24) is 5.32 Å². The predicted octanol–water partition coefficient (Wildman–Crippen LogP) is 1.24. The Bertz CT molecular complexity index is 440. The van der Waals surface area contributed by atoms with E-state index >= 15 is 0 Å². The van der Waals surface area contributed by atoms with Crippen LogP contribution < -0.4 is 10.1 Å². The molecular weight excluding hydrogens is 232 g/mol. The van der Waals surface area contributed by atoms with Crippen LogP contribution in [0.2, 0.25) is 0 Å². The maximum atomic E-state index is 11.2. The van der Waals surface area contributed by atoms with Crippen LogP contribution >= 0.6 is 0 Å². The first kappa shape index (κ1) is 14.0. The van der Waals surface area contributed by atoms with Crippen molar-refractivity contribution in [2.45, 2.75) is 19.5 Å². The fraction of sp³-hybridized carbons (Fsp3) is 0.385. The number of nitrogens with one attached hydrogen (secondary N) is 1. The van der Waals surface area contributed by atoms with Crippen LogP contribution in [-0.4, -0.2) is 25.7 Å². The summed E-state index contributed by atoms with van der Waals surface area (Å²) in [4.78, 5) is 11.2. The van der Waals surface area contributed by atoms with Gasteiger partial charge in [0.25, 0.3) is 0 Å². The SMILES string of the molecule is COC(=O)C(C)NCc1ccccc1OCC#N. The Hall–Kier alpha value is -2.06. The summed E-state index contributed by atoms with van der Waals surface area (Å²) in [5, 5.41) is 11.5. The molecule has 0 fully saturated rings. The number of carbonyl (C=O) groups is 1. The molecule has 1 unspecified atom stereocenters. The van der Waals surface area contributed by atoms with Crippen molar-refractivity contribution in [3.05, 3.63) is 29.8 Å². The quantitative estimate of drug-likeness (QED) is 0.767. The number of hydrogen-bond acceptors (Lipinski definition) is 5. The van der Waals surface area contributed by atoms with E-state index in [1.165, 1.54) is 7.11 Å². The fourth-order valence-electron chi connectivity index (χ4n) is 1.42. The molecular formula is C13H16N2O3. The van der Waals surface area contributed by atoms with E-state index in [1.54, 1.807) is 13.0 Å². The molecule has 0 aliphatic rings. The van der Waals surface area contributed by atoms with Crippen LogP contribution in [0.25, 0.3) is 0 Å². The molecule has 0 saturated heterocycles. The van der Waals surface area contributed by atoms with Gasteiger partial charge in [-0.05, 0) is 13.0 Å². The van der Waals surface area contributed by atoms with Crippen LogP contribution in [0.5, 0.6) is 5.75 Å². The molecule has 0 aromatic heterocycles. The van der Waals surface area contributed by atoms with Gasteiger partial charge < -0.3 is 14.8 Å². The van der Waals surface area contributed by atoms with Gasteiger partial charge in [-0.3, -0.25) is 4.79 Å². The lowest BCUT2D eigenvalue weighted by molar-refractivity contribution is -0.142. The zero-order valence-electron chi connectivity index (χ0n) is 10.5. The van der Waals surface area contributed by atoms with E-state index < -0.39 is 0 Å². The minimum absolute atomic E-state index is 0.00354. The Labute approximate surface area is 106 Å². The van der Waals surface area contributed by atoms with E-state index in [1.807, 2.05) is 24.3 Å². The summed E-state index contributed by atoms with van der Waals surface area (Å²) in [6.45, 7) is 2.20. The summed E-state index contributed by atoms with van der Waals surface area (Å²) >= 11 is 0. The summed E-state index contributed by atoms with van der Waals surface area (Å²) in [5.41, 5.74) is 0.892. The molecule has 0 bridgehead atoms. The van der Waals surface area contributed by atoms with Gasteiger partial charge in [-0.1, -0.05) is 18.2 Å². The fourth-order valence-corrected chi connectivity index (χ4v) is 1.42. The van der Waals surface area contributed by atoms with Gasteiger partial charge in [0.15, 0.2) is 6.61 Å². The first-order valence-electron chi connectivity index (χ1n) is 5.58. The molecule has 0 amide bonds. The van der Waals surface area contributed by atoms with Crippen LogP contribution in [0, 0.1) is 11.3 Å². The number of methoxy groups -OCH3 is 1. The van der Waals surface area contributed by atoms with Crippen LogP contribution in [0.1, 0.15) is 12.5 Å². The van der Waals surface area contributed by atoms with Gasteiger partial charge in [0.2, 0.25) is 0 Å². The summed E-state index contributed by atoms with van der Waals surface area (Å²) in [6.07, 6.45) is 0. The zero-order chi connectivity index (χ0) is 13.4. The molecule has 0 spiro atoms. The molecule has 96 valence electrons. The Balaban J connectivity index is 2.61. The number of esters is 1. The second-order valence-corrected chi connectivity index (χ2v) is 3.68. The van der Waals surface area contributed by atoms with E-state index in [4.69, 9.17) is 10.00 Å². The van der Waals surface area contributed by atoms with Crippen molar-refractivity contribution in [3.63, 3.8) is 0 Å². The van der Waals surface area contributed by atoms with Gasteiger partial charge in [0, 0.05) is 12.1 Å². The number of rotatable bonds is 6. The lowest BCUT2D eigenvalue weighted by Crippen LogP contribution is -2.34. The average Bonchev–Trinajstić information content (AvgIpc) is 2.42. The first-order valence-corrected chi connectivity index (χ1v) is 5.58. The van der Waals surface area contributed by atoms with Gasteiger partial charge in [-0.15, -0.1) is 0 Å². The number of nitrogens with zero attached hydrogens (tertiary/aromatic N) is 1. The number of carbonyl (C=O) groups excluding carboxylic acids is 1. The van der Waals surface area contributed by atoms with Gasteiger partial charge in [-0.25, -0.2) is 0 Å². The van der Waals surface area contributed by atoms with Crippen molar-refractivity contribution in [1.29, 1.82) is 5.26 Å². The lowest BCUT2D eigenvalue weighted by atomic mass is 10.2. The predicted molar refractivity (Wildman–Crippen MR) is 65.9 cm³/mol. The smallest absolute Gasteiger partial charge is 0.322 e. The molecule has 5 heteroatoms. The number of ether oxygens (including phenoxy) is 2. The van der Waals surface area contributed by atoms with Crippen LogP contribution in [0.15, 0.2) is 24.3 Å². The molecule has 0 aliphatic carbocycles. The number of benzene rings is 1. The maximum absolute atomic E-state index is 11.2. The second kappa shape index (κ2) is 7.30. The highest BCUT2D eigenvalue weighted by Crippen LogP contribution is 2.17. The Morgan fingerprint density at radius 1 is 1.50 bits per heavy atom. The maximum Gasteiger partial charge on any atom is 0.322 e. The van der Waals surface area contributed by atoms with Crippen molar-refractivity contribution >= 4 is 5.97 Å². The number of para-hydroxylation sites is 1. The van der Waals surface area contributed by atoms with Crippen LogP contribution in [0.4, 0.5) is 0 Å². The highest BCUT2D eigenvalue weighted by atomic mass is 16.5. The van der Waals surface area contributed by atoms with Crippen molar-refractivity contribution in [3.8, 4) is 11.8 Å². The second-order valence-electron chi connectivity index (χ2n) is 3.68. The summed E-state index contributed by atoms with van der Waals surface area (Å²) in [5.74, 6) is 0.328. The van der Waals surface area contributed by atoms with Crippen molar-refractivity contribution in [2.75, 3.05) is 13.7 Å². The van der Waals surface area contributed by atoms with Crippen LogP contribution in [0.3, 0.4) is 0 Å². The Kier molecular flexibility index (Phi) is 5.68. The average molecular weight is 248 g/mol. The highest BCUT2D eigenvalue weighted by Gasteiger charge is 2.12. The topological polar surface area (TPSA) is 71.3 Å². The number of hydrogen-bond donors (Lipinski definition) is 1. The third kappa shape index (κ3) is 4.07. The molecule has 1 rings (SSSR count). The van der Waals surface area contributed by atoms with Gasteiger partial charge in [0.05, 0.1) is 7.11 Å². The minimum atomic E-state index is -0.390.